The Morgan fingerprint density at radius 1 is 1.07 bits per heavy atom. The Hall–Kier alpha value is -0.530. The zero-order valence-electron chi connectivity index (χ0n) is 9.36. The zero-order chi connectivity index (χ0) is 10.2. The highest BCUT2D eigenvalue weighted by molar-refractivity contribution is 5.77. The molecular formula is C12H21NO. The molecule has 2 rings (SSSR count). The van der Waals surface area contributed by atoms with Crippen molar-refractivity contribution < 1.29 is 4.79 Å². The molecule has 2 nitrogen and oxygen atoms in total. The number of rotatable bonds is 0. The van der Waals surface area contributed by atoms with Gasteiger partial charge in [-0.05, 0) is 43.9 Å². The second kappa shape index (κ2) is 3.25. The Morgan fingerprint density at radius 2 is 1.71 bits per heavy atom. The minimum absolute atomic E-state index is 0.185. The van der Waals surface area contributed by atoms with E-state index in [2.05, 4.69) is 19.2 Å². The monoisotopic (exact) mass is 195 g/mol. The van der Waals surface area contributed by atoms with Gasteiger partial charge in [-0.15, -0.1) is 0 Å². The van der Waals surface area contributed by atoms with Crippen LogP contribution in [0.25, 0.3) is 0 Å². The number of hydrogen-bond donors (Lipinski definition) is 1. The molecule has 2 fully saturated rings. The molecule has 1 aliphatic heterocycles. The molecule has 80 valence electrons. The number of carbonyl (C=O) groups is 1. The van der Waals surface area contributed by atoms with Gasteiger partial charge in [-0.2, -0.15) is 0 Å². The van der Waals surface area contributed by atoms with E-state index in [0.29, 0.717) is 5.41 Å². The molecule has 0 atom stereocenters. The molecule has 1 aliphatic carbocycles. The molecule has 1 amide bonds. The van der Waals surface area contributed by atoms with Crippen LogP contribution in [0.3, 0.4) is 0 Å². The molecule has 0 aromatic carbocycles. The Labute approximate surface area is 86.5 Å². The van der Waals surface area contributed by atoms with E-state index in [-0.39, 0.29) is 11.4 Å². The van der Waals surface area contributed by atoms with E-state index in [4.69, 9.17) is 0 Å². The zero-order valence-corrected chi connectivity index (χ0v) is 9.36. The van der Waals surface area contributed by atoms with Crippen molar-refractivity contribution in [2.75, 3.05) is 0 Å². The van der Waals surface area contributed by atoms with E-state index < -0.39 is 0 Å². The summed E-state index contributed by atoms with van der Waals surface area (Å²) in [7, 11) is 0. The normalized spacial score (nSPS) is 30.0. The van der Waals surface area contributed by atoms with Gasteiger partial charge in [-0.3, -0.25) is 4.79 Å². The summed E-state index contributed by atoms with van der Waals surface area (Å²) < 4.78 is 0. The van der Waals surface area contributed by atoms with Crippen molar-refractivity contribution in [1.82, 2.24) is 5.32 Å². The van der Waals surface area contributed by atoms with Crippen molar-refractivity contribution in [2.24, 2.45) is 5.41 Å². The second-order valence-corrected chi connectivity index (χ2v) is 5.85. The average molecular weight is 195 g/mol. The summed E-state index contributed by atoms with van der Waals surface area (Å²) in [6.07, 6.45) is 7.92. The molecule has 1 heterocycles. The van der Waals surface area contributed by atoms with Gasteiger partial charge in [0, 0.05) is 12.0 Å². The Balaban J connectivity index is 2.01. The lowest BCUT2D eigenvalue weighted by Crippen LogP contribution is -2.54. The fraction of sp³-hybridized carbons (Fsp3) is 0.917. The highest BCUT2D eigenvalue weighted by Gasteiger charge is 2.40. The van der Waals surface area contributed by atoms with Crippen molar-refractivity contribution in [1.29, 1.82) is 0 Å². The molecule has 0 aromatic rings. The molecule has 2 aliphatic rings. The topological polar surface area (TPSA) is 29.1 Å². The molecule has 1 spiro atoms. The van der Waals surface area contributed by atoms with Crippen LogP contribution in [0.2, 0.25) is 0 Å². The first kappa shape index (κ1) is 10.0. The molecule has 14 heavy (non-hydrogen) atoms. The van der Waals surface area contributed by atoms with Crippen LogP contribution in [0.1, 0.15) is 58.8 Å². The minimum Gasteiger partial charge on any atom is -0.351 e. The lowest BCUT2D eigenvalue weighted by molar-refractivity contribution is -0.126. The van der Waals surface area contributed by atoms with Gasteiger partial charge in [-0.25, -0.2) is 0 Å². The quantitative estimate of drug-likeness (QED) is 0.632. The second-order valence-electron chi connectivity index (χ2n) is 5.85. The molecule has 0 unspecified atom stereocenters. The summed E-state index contributed by atoms with van der Waals surface area (Å²) in [5, 5.41) is 3.23. The van der Waals surface area contributed by atoms with Gasteiger partial charge in [0.25, 0.3) is 0 Å². The van der Waals surface area contributed by atoms with Crippen LogP contribution in [-0.4, -0.2) is 11.4 Å². The summed E-state index contributed by atoms with van der Waals surface area (Å²) in [5.74, 6) is 0.274. The first-order valence-electron chi connectivity index (χ1n) is 5.83. The van der Waals surface area contributed by atoms with Crippen molar-refractivity contribution in [3.63, 3.8) is 0 Å². The van der Waals surface area contributed by atoms with Gasteiger partial charge in [0.2, 0.25) is 5.91 Å². The van der Waals surface area contributed by atoms with Crippen molar-refractivity contribution in [2.45, 2.75) is 64.3 Å². The third-order valence-electron chi connectivity index (χ3n) is 4.02. The Morgan fingerprint density at radius 3 is 2.29 bits per heavy atom. The maximum Gasteiger partial charge on any atom is 0.220 e. The summed E-state index contributed by atoms with van der Waals surface area (Å²) in [4.78, 5) is 11.4. The standard InChI is InChI=1S/C12H21NO/c1-11(2)6-8-12(9-7-11)5-3-4-10(14)13-12/h3-9H2,1-2H3,(H,13,14). The predicted molar refractivity (Wildman–Crippen MR) is 57.0 cm³/mol. The van der Waals surface area contributed by atoms with E-state index in [1.807, 2.05) is 0 Å². The van der Waals surface area contributed by atoms with Gasteiger partial charge in [-0.1, -0.05) is 13.8 Å². The first-order valence-corrected chi connectivity index (χ1v) is 5.83. The molecule has 0 radical (unpaired) electrons. The van der Waals surface area contributed by atoms with Gasteiger partial charge < -0.3 is 5.32 Å². The molecule has 1 N–H and O–H groups in total. The van der Waals surface area contributed by atoms with Gasteiger partial charge in [0.05, 0.1) is 0 Å². The third-order valence-corrected chi connectivity index (χ3v) is 4.02. The van der Waals surface area contributed by atoms with Crippen LogP contribution < -0.4 is 5.32 Å². The highest BCUT2D eigenvalue weighted by atomic mass is 16.1. The van der Waals surface area contributed by atoms with Gasteiger partial charge in [0.15, 0.2) is 0 Å². The fourth-order valence-corrected chi connectivity index (χ4v) is 2.79. The third kappa shape index (κ3) is 1.94. The van der Waals surface area contributed by atoms with Crippen LogP contribution in [-0.2, 0) is 4.79 Å². The van der Waals surface area contributed by atoms with Crippen LogP contribution >= 0.6 is 0 Å². The molecule has 1 saturated heterocycles. The lowest BCUT2D eigenvalue weighted by atomic mass is 9.67. The van der Waals surface area contributed by atoms with Gasteiger partial charge >= 0.3 is 0 Å². The van der Waals surface area contributed by atoms with E-state index in [0.717, 1.165) is 12.8 Å². The average Bonchev–Trinajstić information content (AvgIpc) is 2.12. The van der Waals surface area contributed by atoms with E-state index in [1.54, 1.807) is 0 Å². The van der Waals surface area contributed by atoms with Crippen LogP contribution in [0.5, 0.6) is 0 Å². The number of nitrogens with one attached hydrogen (secondary N) is 1. The Bertz CT molecular complexity index is 235. The first-order chi connectivity index (χ1) is 6.52. The van der Waals surface area contributed by atoms with Gasteiger partial charge in [0.1, 0.15) is 0 Å². The maximum atomic E-state index is 11.4. The van der Waals surface area contributed by atoms with Crippen LogP contribution in [0.15, 0.2) is 0 Å². The van der Waals surface area contributed by atoms with E-state index in [1.165, 1.54) is 32.1 Å². The Kier molecular flexibility index (Phi) is 2.32. The molecule has 0 aromatic heterocycles. The highest BCUT2D eigenvalue weighted by Crippen LogP contribution is 2.43. The van der Waals surface area contributed by atoms with Crippen molar-refractivity contribution in [3.05, 3.63) is 0 Å². The fourth-order valence-electron chi connectivity index (χ4n) is 2.79. The smallest absolute Gasteiger partial charge is 0.220 e. The molecular weight excluding hydrogens is 174 g/mol. The summed E-state index contributed by atoms with van der Waals surface area (Å²) >= 11 is 0. The number of carbonyl (C=O) groups excluding carboxylic acids is 1. The number of piperidine rings is 1. The van der Waals surface area contributed by atoms with Crippen molar-refractivity contribution >= 4 is 5.91 Å². The summed E-state index contributed by atoms with van der Waals surface area (Å²) in [6, 6.07) is 0. The van der Waals surface area contributed by atoms with E-state index >= 15 is 0 Å². The number of hydrogen-bond acceptors (Lipinski definition) is 1. The van der Waals surface area contributed by atoms with E-state index in [9.17, 15) is 4.79 Å². The maximum absolute atomic E-state index is 11.4. The predicted octanol–water partition coefficient (Wildman–Crippen LogP) is 2.63. The SMILES string of the molecule is CC1(C)CCC2(CCCC(=O)N2)CC1. The van der Waals surface area contributed by atoms with Crippen molar-refractivity contribution in [3.8, 4) is 0 Å². The van der Waals surface area contributed by atoms with Crippen LogP contribution in [0.4, 0.5) is 0 Å². The van der Waals surface area contributed by atoms with Crippen LogP contribution in [0, 0.1) is 5.41 Å². The summed E-state index contributed by atoms with van der Waals surface area (Å²) in [6.45, 7) is 4.68. The largest absolute Gasteiger partial charge is 0.351 e. The molecule has 0 bridgehead atoms. The molecule has 2 heteroatoms. The number of amides is 1. The summed E-state index contributed by atoms with van der Waals surface area (Å²) in [5.41, 5.74) is 0.679. The minimum atomic E-state index is 0.185. The lowest BCUT2D eigenvalue weighted by Gasteiger charge is -2.46. The molecule has 1 saturated carbocycles.